The number of hydrogen-bond donors (Lipinski definition) is 1. The van der Waals surface area contributed by atoms with Crippen molar-refractivity contribution in [3.8, 4) is 0 Å². The largest absolute Gasteiger partial charge is 0.382 e. The first kappa shape index (κ1) is 16.0. The van der Waals surface area contributed by atoms with E-state index in [1.165, 1.54) is 12.5 Å². The monoisotopic (exact) mass is 342 g/mol. The summed E-state index contributed by atoms with van der Waals surface area (Å²) in [5.74, 6) is 0.609. The number of fused-ring (bicyclic) bond motifs is 3. The minimum Gasteiger partial charge on any atom is -0.382 e. The molecule has 0 aromatic rings. The smallest absolute Gasteiger partial charge is 0.178 e. The Labute approximate surface area is 148 Å². The fraction of sp³-hybridized carbons (Fsp3) is 0.714. The number of hydrogen-bond acceptors (Lipinski definition) is 4. The molecular formula is C21H26O4. The lowest BCUT2D eigenvalue weighted by atomic mass is 9.47. The molecule has 1 spiro atoms. The van der Waals surface area contributed by atoms with Crippen LogP contribution in [0.1, 0.15) is 52.9 Å². The molecule has 6 unspecified atom stereocenters. The molecule has 25 heavy (non-hydrogen) atoms. The van der Waals surface area contributed by atoms with Gasteiger partial charge in [0.05, 0.1) is 6.10 Å². The maximum Gasteiger partial charge on any atom is 0.178 e. The molecule has 0 aromatic heterocycles. The van der Waals surface area contributed by atoms with Crippen LogP contribution in [0.4, 0.5) is 0 Å². The van der Waals surface area contributed by atoms with Gasteiger partial charge in [0.15, 0.2) is 11.6 Å². The van der Waals surface area contributed by atoms with Crippen LogP contribution in [0.25, 0.3) is 0 Å². The lowest BCUT2D eigenvalue weighted by Gasteiger charge is -2.55. The van der Waals surface area contributed by atoms with Gasteiger partial charge in [0.2, 0.25) is 0 Å². The summed E-state index contributed by atoms with van der Waals surface area (Å²) in [6, 6.07) is 0. The van der Waals surface area contributed by atoms with Crippen LogP contribution in [0.15, 0.2) is 23.8 Å². The highest BCUT2D eigenvalue weighted by atomic mass is 16.6. The van der Waals surface area contributed by atoms with E-state index in [2.05, 4.69) is 19.9 Å². The van der Waals surface area contributed by atoms with Gasteiger partial charge in [0.1, 0.15) is 11.2 Å². The zero-order valence-corrected chi connectivity index (χ0v) is 15.2. The average molecular weight is 342 g/mol. The van der Waals surface area contributed by atoms with Crippen LogP contribution in [-0.4, -0.2) is 34.0 Å². The number of allylic oxidation sites excluding steroid dienone is 2. The molecule has 4 nitrogen and oxygen atoms in total. The van der Waals surface area contributed by atoms with Gasteiger partial charge < -0.3 is 9.84 Å². The predicted octanol–water partition coefficient (Wildman–Crippen LogP) is 2.75. The first-order chi connectivity index (χ1) is 11.7. The van der Waals surface area contributed by atoms with Crippen molar-refractivity contribution in [2.24, 2.45) is 22.7 Å². The van der Waals surface area contributed by atoms with Gasteiger partial charge in [-0.05, 0) is 69.9 Å². The molecule has 4 fully saturated rings. The van der Waals surface area contributed by atoms with Gasteiger partial charge >= 0.3 is 0 Å². The third-order valence-corrected chi connectivity index (χ3v) is 8.67. The Balaban J connectivity index is 1.60. The van der Waals surface area contributed by atoms with Crippen LogP contribution in [0.3, 0.4) is 0 Å². The quantitative estimate of drug-likeness (QED) is 0.744. The Bertz CT molecular complexity index is 766. The molecule has 134 valence electrons. The van der Waals surface area contributed by atoms with E-state index in [0.29, 0.717) is 18.3 Å². The molecule has 5 rings (SSSR count). The first-order valence-electron chi connectivity index (χ1n) is 9.54. The van der Waals surface area contributed by atoms with Crippen molar-refractivity contribution >= 4 is 11.6 Å². The Kier molecular flexibility index (Phi) is 2.77. The summed E-state index contributed by atoms with van der Waals surface area (Å²) in [6.07, 6.45) is 9.68. The van der Waals surface area contributed by atoms with Crippen LogP contribution >= 0.6 is 0 Å². The summed E-state index contributed by atoms with van der Waals surface area (Å²) in [7, 11) is 0. The standard InChI is InChI=1S/C21H26O4/c1-12(22)20(24)9-7-15-16-5-4-13-10-14(23)6-8-18(13,2)21(16)17(25-21)11-19(15,20)3/h6,8,10,15-17,24H,4-5,7,9,11H2,1-3H3/t15?,16?,17?,18?,19?,20-,21?/m0/s1. The topological polar surface area (TPSA) is 66.9 Å². The van der Waals surface area contributed by atoms with E-state index in [1.54, 1.807) is 12.2 Å². The SMILES string of the molecule is CC(=O)[C@@]1(O)CCC2C3CCC4=CC(=O)C=CC4(C)C34OC4CC21C. The predicted molar refractivity (Wildman–Crippen MR) is 91.7 cm³/mol. The van der Waals surface area contributed by atoms with Gasteiger partial charge in [-0.25, -0.2) is 0 Å². The molecule has 4 aliphatic carbocycles. The van der Waals surface area contributed by atoms with E-state index in [1.807, 2.05) is 0 Å². The van der Waals surface area contributed by atoms with Crippen molar-refractivity contribution in [3.63, 3.8) is 0 Å². The molecule has 1 saturated heterocycles. The summed E-state index contributed by atoms with van der Waals surface area (Å²) >= 11 is 0. The molecule has 4 heteroatoms. The van der Waals surface area contributed by atoms with Gasteiger partial charge in [-0.2, -0.15) is 0 Å². The highest BCUT2D eigenvalue weighted by Crippen LogP contribution is 2.75. The summed E-state index contributed by atoms with van der Waals surface area (Å²) in [5.41, 5.74) is -0.902. The molecule has 1 heterocycles. The number of carbonyl (C=O) groups is 2. The molecule has 0 radical (unpaired) electrons. The first-order valence-corrected chi connectivity index (χ1v) is 9.54. The van der Waals surface area contributed by atoms with Crippen LogP contribution < -0.4 is 0 Å². The lowest BCUT2D eigenvalue weighted by molar-refractivity contribution is -0.154. The molecule has 7 atom stereocenters. The van der Waals surface area contributed by atoms with Crippen LogP contribution in [0.5, 0.6) is 0 Å². The molecule has 1 aliphatic heterocycles. The molecule has 3 saturated carbocycles. The van der Waals surface area contributed by atoms with E-state index in [4.69, 9.17) is 4.74 Å². The minimum atomic E-state index is -1.22. The van der Waals surface area contributed by atoms with Crippen molar-refractivity contribution in [2.45, 2.75) is 70.2 Å². The highest BCUT2D eigenvalue weighted by molar-refractivity contribution is 6.01. The number of Topliss-reactive ketones (excluding diaryl/α,β-unsaturated/α-hetero) is 1. The van der Waals surface area contributed by atoms with Crippen molar-refractivity contribution in [3.05, 3.63) is 23.8 Å². The number of carbonyl (C=O) groups excluding carboxylic acids is 2. The lowest BCUT2D eigenvalue weighted by Crippen LogP contribution is -2.60. The van der Waals surface area contributed by atoms with E-state index >= 15 is 0 Å². The zero-order chi connectivity index (χ0) is 17.8. The molecule has 0 amide bonds. The third-order valence-electron chi connectivity index (χ3n) is 8.67. The Morgan fingerprint density at radius 3 is 2.76 bits per heavy atom. The summed E-state index contributed by atoms with van der Waals surface area (Å²) in [4.78, 5) is 24.1. The Morgan fingerprint density at radius 2 is 2.04 bits per heavy atom. The van der Waals surface area contributed by atoms with Crippen molar-refractivity contribution in [1.82, 2.24) is 0 Å². The van der Waals surface area contributed by atoms with Crippen LogP contribution in [0, 0.1) is 22.7 Å². The van der Waals surface area contributed by atoms with E-state index in [-0.39, 0.29) is 28.7 Å². The highest BCUT2D eigenvalue weighted by Gasteiger charge is 2.80. The maximum absolute atomic E-state index is 12.3. The van der Waals surface area contributed by atoms with Gasteiger partial charge in [-0.3, -0.25) is 9.59 Å². The minimum absolute atomic E-state index is 0.0641. The van der Waals surface area contributed by atoms with Gasteiger partial charge in [0, 0.05) is 10.8 Å². The maximum atomic E-state index is 12.3. The number of rotatable bonds is 1. The average Bonchev–Trinajstić information content (AvgIpc) is 3.20. The second-order valence-electron chi connectivity index (χ2n) is 9.34. The van der Waals surface area contributed by atoms with Gasteiger partial charge in [-0.1, -0.05) is 18.6 Å². The zero-order valence-electron chi connectivity index (χ0n) is 15.2. The number of aliphatic hydroxyl groups is 1. The number of ether oxygens (including phenoxy) is 1. The summed E-state index contributed by atoms with van der Waals surface area (Å²) in [6.45, 7) is 5.84. The van der Waals surface area contributed by atoms with Crippen molar-refractivity contribution in [1.29, 1.82) is 0 Å². The molecule has 0 aromatic carbocycles. The summed E-state index contributed by atoms with van der Waals surface area (Å²) < 4.78 is 6.43. The van der Waals surface area contributed by atoms with E-state index < -0.39 is 11.0 Å². The molecule has 5 aliphatic rings. The molecular weight excluding hydrogens is 316 g/mol. The number of ketones is 2. The molecule has 1 N–H and O–H groups in total. The fourth-order valence-electron chi connectivity index (χ4n) is 7.23. The Morgan fingerprint density at radius 1 is 1.28 bits per heavy atom. The second kappa shape index (κ2) is 4.34. The second-order valence-corrected chi connectivity index (χ2v) is 9.34. The molecule has 0 bridgehead atoms. The van der Waals surface area contributed by atoms with Crippen molar-refractivity contribution < 1.29 is 19.4 Å². The van der Waals surface area contributed by atoms with Crippen LogP contribution in [0.2, 0.25) is 0 Å². The van der Waals surface area contributed by atoms with Gasteiger partial charge in [-0.15, -0.1) is 0 Å². The van der Waals surface area contributed by atoms with Crippen LogP contribution in [-0.2, 0) is 14.3 Å². The number of epoxide rings is 1. The van der Waals surface area contributed by atoms with E-state index in [9.17, 15) is 14.7 Å². The fourth-order valence-corrected chi connectivity index (χ4v) is 7.23. The van der Waals surface area contributed by atoms with E-state index in [0.717, 1.165) is 25.7 Å². The van der Waals surface area contributed by atoms with Crippen molar-refractivity contribution in [2.75, 3.05) is 0 Å². The van der Waals surface area contributed by atoms with Gasteiger partial charge in [0.25, 0.3) is 0 Å². The summed E-state index contributed by atoms with van der Waals surface area (Å²) in [5, 5.41) is 11.2. The normalized spacial score (nSPS) is 55.6. The third kappa shape index (κ3) is 1.54. The Hall–Kier alpha value is -1.26.